The van der Waals surface area contributed by atoms with Crippen LogP contribution < -0.4 is 10.1 Å². The Balaban J connectivity index is 1.52. The minimum atomic E-state index is 0.164. The predicted molar refractivity (Wildman–Crippen MR) is 79.9 cm³/mol. The number of rotatable bonds is 4. The second-order valence-corrected chi connectivity index (χ2v) is 6.02. The number of hydrogen-bond acceptors (Lipinski definition) is 2. The highest BCUT2D eigenvalue weighted by atomic mass is 16.5. The summed E-state index contributed by atoms with van der Waals surface area (Å²) in [4.78, 5) is 11.9. The quantitative estimate of drug-likeness (QED) is 0.895. The van der Waals surface area contributed by atoms with Gasteiger partial charge in [-0.15, -0.1) is 0 Å². The number of carbonyl (C=O) groups is 1. The van der Waals surface area contributed by atoms with Crippen molar-refractivity contribution in [2.24, 2.45) is 5.92 Å². The van der Waals surface area contributed by atoms with Crippen LogP contribution in [-0.4, -0.2) is 12.0 Å². The van der Waals surface area contributed by atoms with Crippen LogP contribution in [0, 0.1) is 5.92 Å². The van der Waals surface area contributed by atoms with Crippen LogP contribution >= 0.6 is 0 Å². The van der Waals surface area contributed by atoms with E-state index in [-0.39, 0.29) is 11.8 Å². The number of benzene rings is 1. The van der Waals surface area contributed by atoms with Gasteiger partial charge in [0.2, 0.25) is 5.91 Å². The number of carbonyl (C=O) groups excluding carboxylic acids is 1. The van der Waals surface area contributed by atoms with E-state index in [4.69, 9.17) is 4.74 Å². The Bertz CT molecular complexity index is 445. The summed E-state index contributed by atoms with van der Waals surface area (Å²) in [7, 11) is 0. The van der Waals surface area contributed by atoms with Crippen LogP contribution in [0.1, 0.15) is 51.4 Å². The fourth-order valence-electron chi connectivity index (χ4n) is 2.91. The normalized spacial score (nSPS) is 20.2. The van der Waals surface area contributed by atoms with Crippen molar-refractivity contribution in [3.05, 3.63) is 24.3 Å². The second-order valence-electron chi connectivity index (χ2n) is 6.02. The van der Waals surface area contributed by atoms with Crippen LogP contribution in [0.2, 0.25) is 0 Å². The van der Waals surface area contributed by atoms with E-state index in [2.05, 4.69) is 5.32 Å². The summed E-state index contributed by atoms with van der Waals surface area (Å²) in [6.07, 6.45) is 9.86. The van der Waals surface area contributed by atoms with Gasteiger partial charge in [-0.05, 0) is 62.8 Å². The molecule has 0 aromatic heterocycles. The smallest absolute Gasteiger partial charge is 0.227 e. The van der Waals surface area contributed by atoms with E-state index in [9.17, 15) is 4.79 Å². The van der Waals surface area contributed by atoms with Crippen molar-refractivity contribution in [1.82, 2.24) is 0 Å². The largest absolute Gasteiger partial charge is 0.490 e. The number of hydrogen-bond donors (Lipinski definition) is 1. The van der Waals surface area contributed by atoms with Gasteiger partial charge in [0.1, 0.15) is 5.75 Å². The minimum Gasteiger partial charge on any atom is -0.490 e. The van der Waals surface area contributed by atoms with Crippen molar-refractivity contribution < 1.29 is 9.53 Å². The van der Waals surface area contributed by atoms with E-state index in [0.29, 0.717) is 6.10 Å². The summed E-state index contributed by atoms with van der Waals surface area (Å²) >= 11 is 0. The predicted octanol–water partition coefficient (Wildman–Crippen LogP) is 4.14. The summed E-state index contributed by atoms with van der Waals surface area (Å²) in [5, 5.41) is 2.98. The van der Waals surface area contributed by atoms with Gasteiger partial charge in [0.05, 0.1) is 6.10 Å². The van der Waals surface area contributed by atoms with Crippen molar-refractivity contribution in [3.63, 3.8) is 0 Å². The first kappa shape index (κ1) is 13.5. The molecule has 0 unspecified atom stereocenters. The SMILES string of the molecule is O=C(Nc1ccc(OC2CCCCC2)cc1)C1CCC1. The van der Waals surface area contributed by atoms with E-state index in [1.807, 2.05) is 24.3 Å². The van der Waals surface area contributed by atoms with Crippen molar-refractivity contribution in [3.8, 4) is 5.75 Å². The first-order chi connectivity index (χ1) is 9.81. The highest BCUT2D eigenvalue weighted by Gasteiger charge is 2.25. The molecule has 108 valence electrons. The van der Waals surface area contributed by atoms with E-state index < -0.39 is 0 Å². The Hall–Kier alpha value is -1.51. The molecule has 1 amide bonds. The third-order valence-corrected chi connectivity index (χ3v) is 4.45. The molecule has 3 heteroatoms. The van der Waals surface area contributed by atoms with Gasteiger partial charge in [0, 0.05) is 11.6 Å². The molecule has 20 heavy (non-hydrogen) atoms. The zero-order chi connectivity index (χ0) is 13.8. The Morgan fingerprint density at radius 3 is 2.25 bits per heavy atom. The Labute approximate surface area is 120 Å². The summed E-state index contributed by atoms with van der Waals surface area (Å²) in [6.45, 7) is 0. The molecule has 1 N–H and O–H groups in total. The van der Waals surface area contributed by atoms with Gasteiger partial charge >= 0.3 is 0 Å². The first-order valence-corrected chi connectivity index (χ1v) is 7.89. The number of amides is 1. The summed E-state index contributed by atoms with van der Waals surface area (Å²) < 4.78 is 5.98. The molecule has 0 atom stereocenters. The molecular formula is C17H23NO2. The third-order valence-electron chi connectivity index (χ3n) is 4.45. The van der Waals surface area contributed by atoms with Crippen molar-refractivity contribution in [2.75, 3.05) is 5.32 Å². The molecule has 2 fully saturated rings. The molecule has 3 rings (SSSR count). The Morgan fingerprint density at radius 1 is 0.950 bits per heavy atom. The first-order valence-electron chi connectivity index (χ1n) is 7.89. The highest BCUT2D eigenvalue weighted by Crippen LogP contribution is 2.28. The molecule has 0 saturated heterocycles. The van der Waals surface area contributed by atoms with Gasteiger partial charge in [0.15, 0.2) is 0 Å². The lowest BCUT2D eigenvalue weighted by molar-refractivity contribution is -0.122. The zero-order valence-electron chi connectivity index (χ0n) is 11.9. The summed E-state index contributed by atoms with van der Waals surface area (Å²) in [5.74, 6) is 1.31. The molecule has 0 spiro atoms. The lowest BCUT2D eigenvalue weighted by atomic mass is 9.85. The van der Waals surface area contributed by atoms with Crippen LogP contribution in [-0.2, 0) is 4.79 Å². The van der Waals surface area contributed by atoms with E-state index >= 15 is 0 Å². The van der Waals surface area contributed by atoms with Gasteiger partial charge < -0.3 is 10.1 Å². The van der Waals surface area contributed by atoms with Gasteiger partial charge in [0.25, 0.3) is 0 Å². The maximum Gasteiger partial charge on any atom is 0.227 e. The number of anilines is 1. The van der Waals surface area contributed by atoms with Crippen molar-refractivity contribution in [2.45, 2.75) is 57.5 Å². The number of nitrogens with one attached hydrogen (secondary N) is 1. The highest BCUT2D eigenvalue weighted by molar-refractivity contribution is 5.93. The Kier molecular flexibility index (Phi) is 4.24. The average Bonchev–Trinajstić information content (AvgIpc) is 2.40. The van der Waals surface area contributed by atoms with Gasteiger partial charge in [-0.25, -0.2) is 0 Å². The molecule has 0 bridgehead atoms. The fraction of sp³-hybridized carbons (Fsp3) is 0.588. The van der Waals surface area contributed by atoms with Crippen LogP contribution in [0.3, 0.4) is 0 Å². The molecule has 2 saturated carbocycles. The molecule has 0 aliphatic heterocycles. The van der Waals surface area contributed by atoms with Gasteiger partial charge in [-0.2, -0.15) is 0 Å². The third kappa shape index (κ3) is 3.33. The topological polar surface area (TPSA) is 38.3 Å². The van der Waals surface area contributed by atoms with Gasteiger partial charge in [-0.3, -0.25) is 4.79 Å². The monoisotopic (exact) mass is 273 g/mol. The molecule has 1 aromatic rings. The lowest BCUT2D eigenvalue weighted by Gasteiger charge is -2.24. The molecule has 0 radical (unpaired) electrons. The van der Waals surface area contributed by atoms with Crippen LogP contribution in [0.4, 0.5) is 5.69 Å². The van der Waals surface area contributed by atoms with Gasteiger partial charge in [-0.1, -0.05) is 12.8 Å². The Morgan fingerprint density at radius 2 is 1.65 bits per heavy atom. The molecule has 3 nitrogen and oxygen atoms in total. The summed E-state index contributed by atoms with van der Waals surface area (Å²) in [5.41, 5.74) is 0.873. The zero-order valence-corrected chi connectivity index (χ0v) is 11.9. The molecule has 2 aliphatic carbocycles. The van der Waals surface area contributed by atoms with Crippen LogP contribution in [0.15, 0.2) is 24.3 Å². The molecular weight excluding hydrogens is 250 g/mol. The summed E-state index contributed by atoms with van der Waals surface area (Å²) in [6, 6.07) is 7.80. The maximum atomic E-state index is 11.9. The van der Waals surface area contributed by atoms with Crippen LogP contribution in [0.25, 0.3) is 0 Å². The standard InChI is InChI=1S/C17H23NO2/c19-17(13-5-4-6-13)18-14-9-11-16(12-10-14)20-15-7-2-1-3-8-15/h9-13,15H,1-8H2,(H,18,19). The number of ether oxygens (including phenoxy) is 1. The molecule has 0 heterocycles. The minimum absolute atomic E-state index is 0.164. The van der Waals surface area contributed by atoms with Crippen molar-refractivity contribution >= 4 is 11.6 Å². The fourth-order valence-corrected chi connectivity index (χ4v) is 2.91. The molecule has 1 aromatic carbocycles. The van der Waals surface area contributed by atoms with E-state index in [1.165, 1.54) is 38.5 Å². The second kappa shape index (κ2) is 6.29. The van der Waals surface area contributed by atoms with Crippen LogP contribution in [0.5, 0.6) is 5.75 Å². The van der Waals surface area contributed by atoms with E-state index in [1.54, 1.807) is 0 Å². The average molecular weight is 273 g/mol. The molecule has 2 aliphatic rings. The lowest BCUT2D eigenvalue weighted by Crippen LogP contribution is -2.28. The maximum absolute atomic E-state index is 11.9. The van der Waals surface area contributed by atoms with E-state index in [0.717, 1.165) is 24.3 Å². The van der Waals surface area contributed by atoms with Crippen molar-refractivity contribution in [1.29, 1.82) is 0 Å².